The van der Waals surface area contributed by atoms with Crippen molar-refractivity contribution in [2.45, 2.75) is 45.4 Å². The van der Waals surface area contributed by atoms with Gasteiger partial charge in [-0.15, -0.1) is 0 Å². The van der Waals surface area contributed by atoms with Crippen molar-refractivity contribution in [3.8, 4) is 5.75 Å². The lowest BCUT2D eigenvalue weighted by Crippen LogP contribution is -2.27. The van der Waals surface area contributed by atoms with E-state index in [0.29, 0.717) is 11.3 Å². The van der Waals surface area contributed by atoms with Gasteiger partial charge in [0.25, 0.3) is 0 Å². The van der Waals surface area contributed by atoms with Gasteiger partial charge in [0, 0.05) is 5.39 Å². The highest BCUT2D eigenvalue weighted by molar-refractivity contribution is 5.89. The van der Waals surface area contributed by atoms with Crippen molar-refractivity contribution in [3.63, 3.8) is 0 Å². The van der Waals surface area contributed by atoms with Crippen LogP contribution in [0.3, 0.4) is 0 Å². The van der Waals surface area contributed by atoms with Gasteiger partial charge in [0.15, 0.2) is 0 Å². The van der Waals surface area contributed by atoms with Crippen molar-refractivity contribution >= 4 is 10.8 Å². The van der Waals surface area contributed by atoms with Crippen LogP contribution in [0.5, 0.6) is 5.75 Å². The Balaban J connectivity index is 1.96. The molecule has 4 rings (SSSR count). The van der Waals surface area contributed by atoms with Crippen LogP contribution in [-0.4, -0.2) is 7.11 Å². The first kappa shape index (κ1) is 14.0. The van der Waals surface area contributed by atoms with Crippen LogP contribution in [0.1, 0.15) is 50.2 Å². The quantitative estimate of drug-likeness (QED) is 0.680. The summed E-state index contributed by atoms with van der Waals surface area (Å²) in [6, 6.07) is 7.54. The van der Waals surface area contributed by atoms with Crippen LogP contribution >= 0.6 is 0 Å². The zero-order chi connectivity index (χ0) is 15.5. The van der Waals surface area contributed by atoms with Crippen molar-refractivity contribution in [1.29, 1.82) is 0 Å². The van der Waals surface area contributed by atoms with Crippen molar-refractivity contribution < 1.29 is 9.13 Å². The molecule has 0 saturated heterocycles. The molecular weight excluding hydrogens is 275 g/mol. The van der Waals surface area contributed by atoms with Crippen LogP contribution in [0.25, 0.3) is 10.8 Å². The SMILES string of the molecule is COc1ccc2c(F)cc3c(c2c1)CCC1(C)CC(C)CC31. The summed E-state index contributed by atoms with van der Waals surface area (Å²) in [5.74, 6) is 1.98. The lowest BCUT2D eigenvalue weighted by Gasteiger charge is -2.38. The van der Waals surface area contributed by atoms with Gasteiger partial charge in [0.1, 0.15) is 11.6 Å². The second-order valence-electron chi connectivity index (χ2n) is 7.59. The Morgan fingerprint density at radius 2 is 2.05 bits per heavy atom. The molecule has 1 fully saturated rings. The lowest BCUT2D eigenvalue weighted by molar-refractivity contribution is 0.248. The standard InChI is InChI=1S/C20H23FO/c1-12-8-18-17-10-19(21)15-5-4-13(22-3)9-16(15)14(17)6-7-20(18,2)11-12/h4-5,9-10,12,18H,6-8,11H2,1-3H3. The Labute approximate surface area is 131 Å². The number of benzene rings is 2. The van der Waals surface area contributed by atoms with Crippen molar-refractivity contribution in [3.05, 3.63) is 41.2 Å². The summed E-state index contributed by atoms with van der Waals surface area (Å²) in [7, 11) is 1.67. The van der Waals surface area contributed by atoms with E-state index in [-0.39, 0.29) is 5.82 Å². The minimum atomic E-state index is -0.0831. The van der Waals surface area contributed by atoms with Gasteiger partial charge < -0.3 is 4.74 Å². The zero-order valence-electron chi connectivity index (χ0n) is 13.6. The molecule has 2 aromatic carbocycles. The van der Waals surface area contributed by atoms with Gasteiger partial charge in [-0.3, -0.25) is 0 Å². The molecule has 3 atom stereocenters. The molecule has 0 N–H and O–H groups in total. The van der Waals surface area contributed by atoms with Gasteiger partial charge in [0.05, 0.1) is 7.11 Å². The molecule has 0 spiro atoms. The molecule has 0 radical (unpaired) electrons. The monoisotopic (exact) mass is 298 g/mol. The molecule has 2 aromatic rings. The Bertz CT molecular complexity index is 751. The smallest absolute Gasteiger partial charge is 0.131 e. The largest absolute Gasteiger partial charge is 0.497 e. The van der Waals surface area contributed by atoms with E-state index in [1.165, 1.54) is 30.4 Å². The van der Waals surface area contributed by atoms with Gasteiger partial charge in [0.2, 0.25) is 0 Å². The van der Waals surface area contributed by atoms with Crippen LogP contribution in [-0.2, 0) is 6.42 Å². The fourth-order valence-corrected chi connectivity index (χ4v) is 5.05. The molecule has 0 bridgehead atoms. The number of methoxy groups -OCH3 is 1. The molecule has 2 heteroatoms. The predicted octanol–water partition coefficient (Wildman–Crippen LogP) is 5.45. The van der Waals surface area contributed by atoms with Crippen molar-refractivity contribution in [1.82, 2.24) is 0 Å². The molecule has 0 aliphatic heterocycles. The summed E-state index contributed by atoms with van der Waals surface area (Å²) < 4.78 is 20.0. The van der Waals surface area contributed by atoms with Gasteiger partial charge in [-0.25, -0.2) is 4.39 Å². The summed E-state index contributed by atoms with van der Waals surface area (Å²) in [5, 5.41) is 1.78. The molecule has 1 nitrogen and oxygen atoms in total. The summed E-state index contributed by atoms with van der Waals surface area (Å²) in [5.41, 5.74) is 2.97. The first-order valence-electron chi connectivity index (χ1n) is 8.31. The summed E-state index contributed by atoms with van der Waals surface area (Å²) in [4.78, 5) is 0. The highest BCUT2D eigenvalue weighted by atomic mass is 19.1. The van der Waals surface area contributed by atoms with Crippen LogP contribution in [0.15, 0.2) is 24.3 Å². The van der Waals surface area contributed by atoms with E-state index in [4.69, 9.17) is 4.74 Å². The van der Waals surface area contributed by atoms with Gasteiger partial charge in [-0.05, 0) is 83.7 Å². The summed E-state index contributed by atoms with van der Waals surface area (Å²) in [6.45, 7) is 4.74. The predicted molar refractivity (Wildman–Crippen MR) is 88.0 cm³/mol. The third-order valence-electron chi connectivity index (χ3n) is 6.06. The lowest BCUT2D eigenvalue weighted by atomic mass is 9.66. The first-order valence-corrected chi connectivity index (χ1v) is 8.31. The minimum Gasteiger partial charge on any atom is -0.497 e. The Hall–Kier alpha value is -1.57. The van der Waals surface area contributed by atoms with Crippen molar-refractivity contribution in [2.24, 2.45) is 11.3 Å². The van der Waals surface area contributed by atoms with Crippen LogP contribution < -0.4 is 4.74 Å². The van der Waals surface area contributed by atoms with Gasteiger partial charge in [-0.2, -0.15) is 0 Å². The number of fused-ring (bicyclic) bond motifs is 5. The van der Waals surface area contributed by atoms with E-state index in [0.717, 1.165) is 28.9 Å². The highest BCUT2D eigenvalue weighted by Gasteiger charge is 2.46. The molecule has 0 heterocycles. The van der Waals surface area contributed by atoms with Crippen LogP contribution in [0.2, 0.25) is 0 Å². The molecule has 116 valence electrons. The fraction of sp³-hybridized carbons (Fsp3) is 0.500. The number of hydrogen-bond donors (Lipinski definition) is 0. The van der Waals surface area contributed by atoms with E-state index in [1.807, 2.05) is 24.3 Å². The zero-order valence-corrected chi connectivity index (χ0v) is 13.6. The normalized spacial score (nSPS) is 30.2. The van der Waals surface area contributed by atoms with Gasteiger partial charge >= 0.3 is 0 Å². The first-order chi connectivity index (χ1) is 10.5. The van der Waals surface area contributed by atoms with Crippen molar-refractivity contribution in [2.75, 3.05) is 7.11 Å². The maximum absolute atomic E-state index is 14.6. The summed E-state index contributed by atoms with van der Waals surface area (Å²) >= 11 is 0. The molecule has 3 unspecified atom stereocenters. The fourth-order valence-electron chi connectivity index (χ4n) is 5.05. The third-order valence-corrected chi connectivity index (χ3v) is 6.06. The second-order valence-corrected chi connectivity index (χ2v) is 7.59. The van der Waals surface area contributed by atoms with E-state index in [1.54, 1.807) is 7.11 Å². The molecule has 2 aliphatic rings. The Morgan fingerprint density at radius 3 is 2.82 bits per heavy atom. The molecule has 0 amide bonds. The molecule has 2 aliphatic carbocycles. The molecule has 0 aromatic heterocycles. The van der Waals surface area contributed by atoms with E-state index in [9.17, 15) is 4.39 Å². The number of aryl methyl sites for hydroxylation is 1. The molecule has 1 saturated carbocycles. The van der Waals surface area contributed by atoms with Crippen LogP contribution in [0.4, 0.5) is 4.39 Å². The second kappa shape index (κ2) is 4.71. The van der Waals surface area contributed by atoms with Crippen LogP contribution in [0, 0.1) is 17.2 Å². The van der Waals surface area contributed by atoms with E-state index >= 15 is 0 Å². The number of ether oxygens (including phenoxy) is 1. The average molecular weight is 298 g/mol. The third kappa shape index (κ3) is 1.89. The molecule has 22 heavy (non-hydrogen) atoms. The summed E-state index contributed by atoms with van der Waals surface area (Å²) in [6.07, 6.45) is 4.74. The number of halogens is 1. The maximum atomic E-state index is 14.6. The Morgan fingerprint density at radius 1 is 1.23 bits per heavy atom. The molecular formula is C20H23FO. The van der Waals surface area contributed by atoms with Gasteiger partial charge in [-0.1, -0.05) is 13.8 Å². The maximum Gasteiger partial charge on any atom is 0.131 e. The highest BCUT2D eigenvalue weighted by Crippen LogP contribution is 2.58. The van der Waals surface area contributed by atoms with E-state index in [2.05, 4.69) is 13.8 Å². The average Bonchev–Trinajstić information content (AvgIpc) is 2.81. The number of rotatable bonds is 1. The van der Waals surface area contributed by atoms with E-state index < -0.39 is 0 Å². The topological polar surface area (TPSA) is 9.23 Å². The Kier molecular flexibility index (Phi) is 3.01. The minimum absolute atomic E-state index is 0.0831. The number of hydrogen-bond acceptors (Lipinski definition) is 1.